The van der Waals surface area contributed by atoms with E-state index in [0.717, 1.165) is 17.1 Å². The molecule has 0 aromatic heterocycles. The first kappa shape index (κ1) is 33.5. The Morgan fingerprint density at radius 2 is 1.55 bits per heavy atom. The lowest BCUT2D eigenvalue weighted by Crippen LogP contribution is -2.52. The molecule has 0 radical (unpaired) electrons. The molecular formula is C30H34Cl3N3O5S. The Balaban J connectivity index is 2.07. The van der Waals surface area contributed by atoms with Crippen molar-refractivity contribution in [1.82, 2.24) is 10.2 Å². The highest BCUT2D eigenvalue weighted by Crippen LogP contribution is 2.29. The minimum atomic E-state index is -4.25. The molecule has 1 N–H and O–H groups in total. The van der Waals surface area contributed by atoms with Crippen molar-refractivity contribution in [2.45, 2.75) is 50.6 Å². The summed E-state index contributed by atoms with van der Waals surface area (Å²) >= 11 is 19.0. The Kier molecular flexibility index (Phi) is 12.4. The number of halogens is 3. The van der Waals surface area contributed by atoms with E-state index >= 15 is 0 Å². The van der Waals surface area contributed by atoms with Gasteiger partial charge >= 0.3 is 0 Å². The van der Waals surface area contributed by atoms with Gasteiger partial charge in [0.25, 0.3) is 10.0 Å². The van der Waals surface area contributed by atoms with Crippen LogP contribution in [-0.4, -0.2) is 51.4 Å². The maximum atomic E-state index is 14.1. The maximum absolute atomic E-state index is 14.1. The third-order valence-electron chi connectivity index (χ3n) is 6.65. The summed E-state index contributed by atoms with van der Waals surface area (Å²) in [6.45, 7) is 3.53. The normalized spacial score (nSPS) is 12.0. The van der Waals surface area contributed by atoms with E-state index in [1.165, 1.54) is 60.5 Å². The molecule has 1 unspecified atom stereocenters. The molecule has 3 aromatic rings. The van der Waals surface area contributed by atoms with Gasteiger partial charge in [-0.3, -0.25) is 13.9 Å². The number of sulfonamides is 1. The first-order valence-corrected chi connectivity index (χ1v) is 16.0. The molecule has 0 saturated heterocycles. The fraction of sp³-hybridized carbons (Fsp3) is 0.333. The van der Waals surface area contributed by atoms with Crippen molar-refractivity contribution in [3.8, 4) is 5.75 Å². The second-order valence-corrected chi connectivity index (χ2v) is 12.6. The smallest absolute Gasteiger partial charge is 0.264 e. The number of carbonyl (C=O) groups excluding carboxylic acids is 2. The van der Waals surface area contributed by atoms with Crippen LogP contribution in [0.5, 0.6) is 5.75 Å². The third kappa shape index (κ3) is 8.31. The van der Waals surface area contributed by atoms with Crippen LogP contribution in [0, 0.1) is 0 Å². The Morgan fingerprint density at radius 1 is 0.929 bits per heavy atom. The molecule has 2 amide bonds. The van der Waals surface area contributed by atoms with E-state index in [-0.39, 0.29) is 29.5 Å². The third-order valence-corrected chi connectivity index (χ3v) is 9.39. The van der Waals surface area contributed by atoms with E-state index in [9.17, 15) is 18.0 Å². The molecule has 0 aliphatic heterocycles. The fourth-order valence-electron chi connectivity index (χ4n) is 4.29. The number of hydrogen-bond donors (Lipinski definition) is 1. The lowest BCUT2D eigenvalue weighted by Gasteiger charge is -2.33. The van der Waals surface area contributed by atoms with Gasteiger partial charge in [-0.25, -0.2) is 8.42 Å². The van der Waals surface area contributed by atoms with Crippen molar-refractivity contribution in [2.24, 2.45) is 0 Å². The molecule has 3 aromatic carbocycles. The van der Waals surface area contributed by atoms with Gasteiger partial charge in [-0.1, -0.05) is 61.1 Å². The van der Waals surface area contributed by atoms with E-state index in [0.29, 0.717) is 32.9 Å². The molecule has 42 heavy (non-hydrogen) atoms. The molecule has 0 saturated carbocycles. The quantitative estimate of drug-likeness (QED) is 0.198. The van der Waals surface area contributed by atoms with Crippen LogP contribution in [0.25, 0.3) is 0 Å². The molecule has 0 fully saturated rings. The molecule has 0 bridgehead atoms. The second-order valence-electron chi connectivity index (χ2n) is 9.45. The average Bonchev–Trinajstić information content (AvgIpc) is 2.97. The number of rotatable bonds is 14. The maximum Gasteiger partial charge on any atom is 0.264 e. The zero-order valence-corrected chi connectivity index (χ0v) is 26.7. The van der Waals surface area contributed by atoms with Crippen LogP contribution >= 0.6 is 34.8 Å². The number of nitrogens with one attached hydrogen (secondary N) is 1. The number of methoxy groups -OCH3 is 1. The number of amides is 2. The summed E-state index contributed by atoms with van der Waals surface area (Å²) < 4.78 is 34.1. The van der Waals surface area contributed by atoms with Gasteiger partial charge in [0.2, 0.25) is 11.8 Å². The Morgan fingerprint density at radius 3 is 2.10 bits per heavy atom. The van der Waals surface area contributed by atoms with Crippen molar-refractivity contribution < 1.29 is 22.7 Å². The zero-order chi connectivity index (χ0) is 30.9. The summed E-state index contributed by atoms with van der Waals surface area (Å²) in [4.78, 5) is 28.7. The van der Waals surface area contributed by atoms with Crippen molar-refractivity contribution in [1.29, 1.82) is 0 Å². The van der Waals surface area contributed by atoms with Gasteiger partial charge in [0, 0.05) is 33.7 Å². The van der Waals surface area contributed by atoms with Gasteiger partial charge < -0.3 is 15.0 Å². The van der Waals surface area contributed by atoms with E-state index in [1.54, 1.807) is 25.1 Å². The SMILES string of the molecule is CCCCNC(=O)C(CC)N(Cc1c(Cl)cccc1Cl)C(=O)CN(c1ccc(Cl)cc1)S(=O)(=O)c1ccc(OC)cc1. The van der Waals surface area contributed by atoms with Crippen molar-refractivity contribution in [2.75, 3.05) is 24.5 Å². The molecule has 0 spiro atoms. The van der Waals surface area contributed by atoms with Crippen LogP contribution in [0.1, 0.15) is 38.7 Å². The molecule has 3 rings (SSSR count). The van der Waals surface area contributed by atoms with Gasteiger partial charge in [0.1, 0.15) is 18.3 Å². The summed E-state index contributed by atoms with van der Waals surface area (Å²) in [6, 6.07) is 16.0. The van der Waals surface area contributed by atoms with E-state index < -0.39 is 28.5 Å². The second kappa shape index (κ2) is 15.5. The van der Waals surface area contributed by atoms with Gasteiger partial charge in [0.05, 0.1) is 17.7 Å². The fourth-order valence-corrected chi connectivity index (χ4v) is 6.35. The van der Waals surface area contributed by atoms with Gasteiger partial charge in [-0.05, 0) is 73.5 Å². The summed E-state index contributed by atoms with van der Waals surface area (Å²) in [5.74, 6) is -0.486. The van der Waals surface area contributed by atoms with Crippen LogP contribution in [0.2, 0.25) is 15.1 Å². The van der Waals surface area contributed by atoms with Gasteiger partial charge in [0.15, 0.2) is 0 Å². The zero-order valence-electron chi connectivity index (χ0n) is 23.6. The highest BCUT2D eigenvalue weighted by molar-refractivity contribution is 7.92. The van der Waals surface area contributed by atoms with E-state index in [1.807, 2.05) is 6.92 Å². The first-order valence-electron chi connectivity index (χ1n) is 13.5. The first-order chi connectivity index (χ1) is 20.0. The number of anilines is 1. The van der Waals surface area contributed by atoms with Crippen LogP contribution in [0.4, 0.5) is 5.69 Å². The van der Waals surface area contributed by atoms with Crippen LogP contribution < -0.4 is 14.4 Å². The van der Waals surface area contributed by atoms with Crippen molar-refractivity contribution in [3.63, 3.8) is 0 Å². The number of ether oxygens (including phenoxy) is 1. The Hall–Kier alpha value is -2.98. The Bertz CT molecular complexity index is 1450. The molecule has 0 aliphatic rings. The molecular weight excluding hydrogens is 621 g/mol. The van der Waals surface area contributed by atoms with Crippen molar-refractivity contribution in [3.05, 3.63) is 87.4 Å². The number of benzene rings is 3. The van der Waals surface area contributed by atoms with Gasteiger partial charge in [-0.15, -0.1) is 0 Å². The largest absolute Gasteiger partial charge is 0.497 e. The topological polar surface area (TPSA) is 96.0 Å². The Labute approximate surface area is 262 Å². The molecule has 1 atom stereocenters. The summed E-state index contributed by atoms with van der Waals surface area (Å²) in [5, 5.41) is 3.93. The van der Waals surface area contributed by atoms with Crippen LogP contribution in [0.3, 0.4) is 0 Å². The highest BCUT2D eigenvalue weighted by atomic mass is 35.5. The molecule has 12 heteroatoms. The monoisotopic (exact) mass is 653 g/mol. The molecule has 0 aliphatic carbocycles. The minimum absolute atomic E-state index is 0.0453. The minimum Gasteiger partial charge on any atom is -0.497 e. The average molecular weight is 655 g/mol. The lowest BCUT2D eigenvalue weighted by molar-refractivity contribution is -0.140. The predicted octanol–water partition coefficient (Wildman–Crippen LogP) is 6.57. The summed E-state index contributed by atoms with van der Waals surface area (Å²) in [6.07, 6.45) is 1.93. The predicted molar refractivity (Wildman–Crippen MR) is 168 cm³/mol. The standard InChI is InChI=1S/C30H34Cl3N3O5S/c1-4-6-18-34-30(38)28(5-2)35(19-25-26(32)8-7-9-27(25)33)29(37)20-36(22-12-10-21(31)11-13-22)42(39,40)24-16-14-23(41-3)15-17-24/h7-17,28H,4-6,18-20H2,1-3H3,(H,34,38). The lowest BCUT2D eigenvalue weighted by atomic mass is 10.1. The highest BCUT2D eigenvalue weighted by Gasteiger charge is 2.34. The van der Waals surface area contributed by atoms with E-state index in [4.69, 9.17) is 39.5 Å². The van der Waals surface area contributed by atoms with Crippen LogP contribution in [-0.2, 0) is 26.2 Å². The number of nitrogens with zero attached hydrogens (tertiary/aromatic N) is 2. The molecule has 8 nitrogen and oxygen atoms in total. The molecule has 0 heterocycles. The summed E-state index contributed by atoms with van der Waals surface area (Å²) in [7, 11) is -2.77. The van der Waals surface area contributed by atoms with Gasteiger partial charge in [-0.2, -0.15) is 0 Å². The van der Waals surface area contributed by atoms with Crippen molar-refractivity contribution >= 4 is 62.3 Å². The number of carbonyl (C=O) groups is 2. The van der Waals surface area contributed by atoms with E-state index in [2.05, 4.69) is 5.32 Å². The molecule has 226 valence electrons. The number of unbranched alkanes of at least 4 members (excludes halogenated alkanes) is 1. The van der Waals surface area contributed by atoms with Crippen LogP contribution in [0.15, 0.2) is 71.6 Å². The number of hydrogen-bond acceptors (Lipinski definition) is 5. The summed E-state index contributed by atoms with van der Waals surface area (Å²) in [5.41, 5.74) is 0.671.